The summed E-state index contributed by atoms with van der Waals surface area (Å²) < 4.78 is 14.1. The van der Waals surface area contributed by atoms with Crippen LogP contribution in [0.3, 0.4) is 0 Å². The maximum Gasteiger partial charge on any atom is 0.257 e. The molecule has 1 heterocycles. The molecule has 0 radical (unpaired) electrons. The number of amides is 2. The van der Waals surface area contributed by atoms with Crippen molar-refractivity contribution in [2.75, 3.05) is 13.1 Å². The van der Waals surface area contributed by atoms with Gasteiger partial charge in [0.25, 0.3) is 5.91 Å². The molecule has 3 rings (SSSR count). The third-order valence-corrected chi connectivity index (χ3v) is 5.42. The molecule has 0 fully saturated rings. The van der Waals surface area contributed by atoms with E-state index in [0.717, 1.165) is 10.4 Å². The topological polar surface area (TPSA) is 40.6 Å². The van der Waals surface area contributed by atoms with E-state index in [-0.39, 0.29) is 24.6 Å². The zero-order valence-corrected chi connectivity index (χ0v) is 17.4. The molecule has 30 heavy (non-hydrogen) atoms. The van der Waals surface area contributed by atoms with E-state index < -0.39 is 11.7 Å². The van der Waals surface area contributed by atoms with Crippen LogP contribution in [0.15, 0.2) is 84.8 Å². The SMILES string of the molecule is C=CCN(CC(=O)N(Cc1ccccc1)Cc1cccs1)C(=O)c1ccccc1F. The molecule has 0 spiro atoms. The van der Waals surface area contributed by atoms with Gasteiger partial charge in [0.2, 0.25) is 5.91 Å². The molecule has 2 aromatic carbocycles. The molecule has 2 amide bonds. The molecule has 6 heteroatoms. The van der Waals surface area contributed by atoms with E-state index in [4.69, 9.17) is 0 Å². The first-order chi connectivity index (χ1) is 14.6. The number of carbonyl (C=O) groups is 2. The summed E-state index contributed by atoms with van der Waals surface area (Å²) in [5, 5.41) is 1.96. The lowest BCUT2D eigenvalue weighted by Crippen LogP contribution is -2.42. The lowest BCUT2D eigenvalue weighted by Gasteiger charge is -2.27. The Bertz CT molecular complexity index is 989. The van der Waals surface area contributed by atoms with E-state index >= 15 is 0 Å². The number of hydrogen-bond acceptors (Lipinski definition) is 3. The highest BCUT2D eigenvalue weighted by Gasteiger charge is 2.24. The third kappa shape index (κ3) is 5.64. The van der Waals surface area contributed by atoms with Gasteiger partial charge in [-0.1, -0.05) is 54.6 Å². The van der Waals surface area contributed by atoms with Gasteiger partial charge < -0.3 is 9.80 Å². The van der Waals surface area contributed by atoms with Crippen molar-refractivity contribution >= 4 is 23.2 Å². The van der Waals surface area contributed by atoms with Gasteiger partial charge in [0.05, 0.1) is 12.1 Å². The number of benzene rings is 2. The fraction of sp³-hybridized carbons (Fsp3) is 0.167. The van der Waals surface area contributed by atoms with Crippen LogP contribution in [0.2, 0.25) is 0 Å². The van der Waals surface area contributed by atoms with Crippen LogP contribution in [-0.4, -0.2) is 34.7 Å². The Balaban J connectivity index is 1.79. The van der Waals surface area contributed by atoms with Crippen molar-refractivity contribution in [3.63, 3.8) is 0 Å². The number of hydrogen-bond donors (Lipinski definition) is 0. The van der Waals surface area contributed by atoms with E-state index in [1.165, 1.54) is 29.2 Å². The Morgan fingerprint density at radius 2 is 1.67 bits per heavy atom. The van der Waals surface area contributed by atoms with Crippen molar-refractivity contribution in [3.05, 3.63) is 107 Å². The number of nitrogens with zero attached hydrogens (tertiary/aromatic N) is 2. The molecule has 4 nitrogen and oxygen atoms in total. The van der Waals surface area contributed by atoms with Gasteiger partial charge in [-0.05, 0) is 29.1 Å². The van der Waals surface area contributed by atoms with Crippen LogP contribution < -0.4 is 0 Å². The number of rotatable bonds is 9. The van der Waals surface area contributed by atoms with Crippen LogP contribution in [0.25, 0.3) is 0 Å². The van der Waals surface area contributed by atoms with Crippen LogP contribution in [0.4, 0.5) is 4.39 Å². The first-order valence-electron chi connectivity index (χ1n) is 9.57. The summed E-state index contributed by atoms with van der Waals surface area (Å²) in [6, 6.07) is 19.4. The Hall–Kier alpha value is -3.25. The molecule has 0 unspecified atom stereocenters. The van der Waals surface area contributed by atoms with Gasteiger partial charge >= 0.3 is 0 Å². The van der Waals surface area contributed by atoms with Gasteiger partial charge in [0.15, 0.2) is 0 Å². The maximum atomic E-state index is 14.1. The van der Waals surface area contributed by atoms with Gasteiger partial charge in [0.1, 0.15) is 12.4 Å². The highest BCUT2D eigenvalue weighted by molar-refractivity contribution is 7.09. The highest BCUT2D eigenvalue weighted by atomic mass is 32.1. The van der Waals surface area contributed by atoms with E-state index in [1.54, 1.807) is 22.3 Å². The van der Waals surface area contributed by atoms with Crippen molar-refractivity contribution in [2.24, 2.45) is 0 Å². The molecule has 0 saturated heterocycles. The summed E-state index contributed by atoms with van der Waals surface area (Å²) >= 11 is 1.57. The fourth-order valence-electron chi connectivity index (χ4n) is 3.07. The molecule has 0 N–H and O–H groups in total. The molecule has 3 aromatic rings. The monoisotopic (exact) mass is 422 g/mol. The summed E-state index contributed by atoms with van der Waals surface area (Å²) in [6.45, 7) is 4.53. The molecular formula is C24H23FN2O2S. The summed E-state index contributed by atoms with van der Waals surface area (Å²) in [5.41, 5.74) is 0.943. The zero-order chi connectivity index (χ0) is 21.3. The van der Waals surface area contributed by atoms with E-state index in [2.05, 4.69) is 6.58 Å². The average molecular weight is 423 g/mol. The molecule has 0 atom stereocenters. The summed E-state index contributed by atoms with van der Waals surface area (Å²) in [6.07, 6.45) is 1.53. The minimum Gasteiger partial charge on any atom is -0.332 e. The van der Waals surface area contributed by atoms with Crippen LogP contribution in [0, 0.1) is 5.82 Å². The molecular weight excluding hydrogens is 399 g/mol. The average Bonchev–Trinajstić information content (AvgIpc) is 3.27. The van der Waals surface area contributed by atoms with Crippen LogP contribution in [0.5, 0.6) is 0 Å². The Morgan fingerprint density at radius 1 is 0.933 bits per heavy atom. The molecule has 0 bridgehead atoms. The second-order valence-electron chi connectivity index (χ2n) is 6.77. The highest BCUT2D eigenvalue weighted by Crippen LogP contribution is 2.16. The van der Waals surface area contributed by atoms with Gasteiger partial charge in [0, 0.05) is 18.0 Å². The molecule has 0 aliphatic carbocycles. The van der Waals surface area contributed by atoms with Crippen molar-refractivity contribution < 1.29 is 14.0 Å². The third-order valence-electron chi connectivity index (χ3n) is 4.56. The lowest BCUT2D eigenvalue weighted by atomic mass is 10.1. The van der Waals surface area contributed by atoms with E-state index in [9.17, 15) is 14.0 Å². The summed E-state index contributed by atoms with van der Waals surface area (Å²) in [5.74, 6) is -1.35. The van der Waals surface area contributed by atoms with Gasteiger partial charge in [-0.25, -0.2) is 4.39 Å². The largest absolute Gasteiger partial charge is 0.332 e. The molecule has 0 aliphatic rings. The van der Waals surface area contributed by atoms with Crippen LogP contribution >= 0.6 is 11.3 Å². The minimum atomic E-state index is -0.608. The Labute approximate surface area is 179 Å². The van der Waals surface area contributed by atoms with Gasteiger partial charge in [-0.2, -0.15) is 0 Å². The quantitative estimate of drug-likeness (QED) is 0.467. The van der Waals surface area contributed by atoms with Crippen molar-refractivity contribution in [1.29, 1.82) is 0 Å². The summed E-state index contributed by atoms with van der Waals surface area (Å²) in [4.78, 5) is 30.1. The number of halogens is 1. The van der Waals surface area contributed by atoms with Crippen LogP contribution in [0.1, 0.15) is 20.8 Å². The molecule has 154 valence electrons. The first kappa shape index (κ1) is 21.5. The zero-order valence-electron chi connectivity index (χ0n) is 16.5. The fourth-order valence-corrected chi connectivity index (χ4v) is 3.79. The Kier molecular flexibility index (Phi) is 7.51. The van der Waals surface area contributed by atoms with E-state index in [0.29, 0.717) is 13.1 Å². The van der Waals surface area contributed by atoms with Gasteiger partial charge in [-0.15, -0.1) is 17.9 Å². The normalized spacial score (nSPS) is 10.4. The minimum absolute atomic E-state index is 0.0555. The lowest BCUT2D eigenvalue weighted by molar-refractivity contribution is -0.133. The number of carbonyl (C=O) groups excluding carboxylic acids is 2. The standard InChI is InChI=1S/C24H23FN2O2S/c1-2-14-26(24(29)21-12-6-7-13-22(21)25)18-23(28)27(17-20-11-8-15-30-20)16-19-9-4-3-5-10-19/h2-13,15H,1,14,16-18H2. The van der Waals surface area contributed by atoms with Gasteiger partial charge in [-0.3, -0.25) is 9.59 Å². The van der Waals surface area contributed by atoms with Crippen LogP contribution in [-0.2, 0) is 17.9 Å². The Morgan fingerprint density at radius 3 is 2.33 bits per heavy atom. The predicted molar refractivity (Wildman–Crippen MR) is 118 cm³/mol. The molecule has 0 aliphatic heterocycles. The first-order valence-corrected chi connectivity index (χ1v) is 10.4. The van der Waals surface area contributed by atoms with Crippen molar-refractivity contribution in [1.82, 2.24) is 9.80 Å². The van der Waals surface area contributed by atoms with Crippen molar-refractivity contribution in [2.45, 2.75) is 13.1 Å². The second kappa shape index (κ2) is 10.5. The second-order valence-corrected chi connectivity index (χ2v) is 7.80. The van der Waals surface area contributed by atoms with E-state index in [1.807, 2.05) is 47.8 Å². The van der Waals surface area contributed by atoms with Crippen molar-refractivity contribution in [3.8, 4) is 0 Å². The molecule has 1 aromatic heterocycles. The molecule has 0 saturated carbocycles. The maximum absolute atomic E-state index is 14.1. The smallest absolute Gasteiger partial charge is 0.257 e. The predicted octanol–water partition coefficient (Wildman–Crippen LogP) is 4.74. The summed E-state index contributed by atoms with van der Waals surface area (Å²) in [7, 11) is 0. The number of thiophene rings is 1.